The molecule has 182 valence electrons. The molecule has 0 saturated carbocycles. The zero-order chi connectivity index (χ0) is 23.6. The van der Waals surface area contributed by atoms with Crippen LogP contribution >= 0.6 is 0 Å². The molecule has 3 rings (SSSR count). The normalized spacial score (nSPS) is 16.1. The highest BCUT2D eigenvalue weighted by atomic mass is 19.1. The molecule has 1 fully saturated rings. The molecule has 33 heavy (non-hydrogen) atoms. The highest BCUT2D eigenvalue weighted by molar-refractivity contribution is 5.57. The van der Waals surface area contributed by atoms with Gasteiger partial charge < -0.3 is 25.0 Å². The Kier molecular flexibility index (Phi) is 9.44. The Bertz CT molecular complexity index is 886. The molecule has 1 aromatic carbocycles. The van der Waals surface area contributed by atoms with Crippen LogP contribution in [0.1, 0.15) is 33.1 Å². The summed E-state index contributed by atoms with van der Waals surface area (Å²) in [6.45, 7) is 9.24. The van der Waals surface area contributed by atoms with Crippen molar-refractivity contribution < 1.29 is 13.9 Å². The summed E-state index contributed by atoms with van der Waals surface area (Å²) in [6.07, 6.45) is 3.31. The van der Waals surface area contributed by atoms with Gasteiger partial charge in [-0.15, -0.1) is 0 Å². The number of nitrogens with zero attached hydrogens (tertiary/aromatic N) is 5. The van der Waals surface area contributed by atoms with Gasteiger partial charge in [-0.05, 0) is 44.5 Å². The van der Waals surface area contributed by atoms with Crippen LogP contribution in [0.15, 0.2) is 18.2 Å². The highest BCUT2D eigenvalue weighted by Crippen LogP contribution is 2.24. The smallest absolute Gasteiger partial charge is 0.233 e. The Labute approximate surface area is 195 Å². The summed E-state index contributed by atoms with van der Waals surface area (Å²) < 4.78 is 24.5. The van der Waals surface area contributed by atoms with Crippen molar-refractivity contribution in [2.24, 2.45) is 0 Å². The first-order valence-corrected chi connectivity index (χ1v) is 11.7. The quantitative estimate of drug-likeness (QED) is 0.465. The van der Waals surface area contributed by atoms with Crippen LogP contribution in [-0.2, 0) is 4.74 Å². The molecule has 2 N–H and O–H groups in total. The molecule has 0 spiro atoms. The lowest BCUT2D eigenvalue weighted by molar-refractivity contribution is 0.205. The number of hydrogen-bond acceptors (Lipinski definition) is 9. The van der Waals surface area contributed by atoms with Crippen molar-refractivity contribution in [3.63, 3.8) is 0 Å². The molecule has 1 aliphatic heterocycles. The average Bonchev–Trinajstić information content (AvgIpc) is 3.28. The molecule has 1 atom stereocenters. The van der Waals surface area contributed by atoms with Crippen molar-refractivity contribution in [2.45, 2.75) is 39.2 Å². The van der Waals surface area contributed by atoms with Crippen LogP contribution in [0.4, 0.5) is 27.9 Å². The van der Waals surface area contributed by atoms with E-state index in [0.29, 0.717) is 42.7 Å². The maximum Gasteiger partial charge on any atom is 0.233 e. The van der Waals surface area contributed by atoms with E-state index in [0.717, 1.165) is 39.0 Å². The van der Waals surface area contributed by atoms with E-state index in [9.17, 15) is 4.39 Å². The molecule has 1 saturated heterocycles. The first-order valence-electron chi connectivity index (χ1n) is 11.7. The third-order valence-electron chi connectivity index (χ3n) is 5.77. The monoisotopic (exact) mass is 461 g/mol. The van der Waals surface area contributed by atoms with Crippen LogP contribution in [0.3, 0.4) is 0 Å². The fourth-order valence-corrected chi connectivity index (χ4v) is 4.05. The number of rotatable bonds is 13. The first kappa shape index (κ1) is 24.9. The number of aromatic nitrogens is 3. The Hall–Kier alpha value is -2.72. The largest absolute Gasteiger partial charge is 0.494 e. The summed E-state index contributed by atoms with van der Waals surface area (Å²) in [6, 6.07) is 5.12. The predicted octanol–water partition coefficient (Wildman–Crippen LogP) is 3.52. The number of benzene rings is 1. The van der Waals surface area contributed by atoms with Gasteiger partial charge >= 0.3 is 0 Å². The van der Waals surface area contributed by atoms with Gasteiger partial charge in [-0.25, -0.2) is 4.39 Å². The summed E-state index contributed by atoms with van der Waals surface area (Å²) in [5.41, 5.74) is 0.531. The number of ether oxygens (including phenoxy) is 2. The number of likely N-dealkylation sites (N-methyl/N-ethyl adjacent to an activating group) is 1. The molecule has 2 heterocycles. The van der Waals surface area contributed by atoms with Crippen molar-refractivity contribution in [3.8, 4) is 5.75 Å². The summed E-state index contributed by atoms with van der Waals surface area (Å²) in [4.78, 5) is 18.4. The van der Waals surface area contributed by atoms with Crippen LogP contribution in [-0.4, -0.2) is 79.4 Å². The maximum atomic E-state index is 14.2. The van der Waals surface area contributed by atoms with E-state index in [4.69, 9.17) is 9.47 Å². The summed E-state index contributed by atoms with van der Waals surface area (Å²) in [5.74, 6) is 1.14. The van der Waals surface area contributed by atoms with Gasteiger partial charge in [0.05, 0.1) is 13.7 Å². The van der Waals surface area contributed by atoms with Gasteiger partial charge in [-0.2, -0.15) is 15.0 Å². The van der Waals surface area contributed by atoms with Crippen molar-refractivity contribution in [3.05, 3.63) is 24.0 Å². The van der Waals surface area contributed by atoms with Crippen molar-refractivity contribution in [1.82, 2.24) is 19.9 Å². The van der Waals surface area contributed by atoms with Crippen molar-refractivity contribution in [2.75, 3.05) is 69.1 Å². The fourth-order valence-electron chi connectivity index (χ4n) is 4.05. The molecular formula is C23H36FN7O2. The number of nitrogens with one attached hydrogen (secondary N) is 2. The SMILES string of the molecule is CCCN(CCOC)c1nc(NCC2CCCN2CC)nc(Nc2ccc(OC)c(F)c2)n1. The lowest BCUT2D eigenvalue weighted by Gasteiger charge is -2.24. The standard InChI is InChI=1S/C23H36FN7O2/c1-5-11-31(13-14-32-3)23-28-21(25-16-18-8-7-12-30(18)6-2)27-22(29-23)26-17-9-10-20(33-4)19(24)15-17/h9-10,15,18H,5-8,11-14,16H2,1-4H3,(H2,25,26,27,28,29). The Balaban J connectivity index is 1.84. The van der Waals surface area contributed by atoms with Crippen LogP contribution < -0.4 is 20.3 Å². The highest BCUT2D eigenvalue weighted by Gasteiger charge is 2.23. The number of likely N-dealkylation sites (tertiary alicyclic amines) is 1. The van der Waals surface area contributed by atoms with Gasteiger partial charge in [0, 0.05) is 44.5 Å². The maximum absolute atomic E-state index is 14.2. The molecule has 0 amide bonds. The van der Waals surface area contributed by atoms with E-state index in [1.165, 1.54) is 19.6 Å². The minimum Gasteiger partial charge on any atom is -0.494 e. The van der Waals surface area contributed by atoms with Gasteiger partial charge in [-0.1, -0.05) is 13.8 Å². The molecule has 2 aromatic rings. The molecule has 9 nitrogen and oxygen atoms in total. The van der Waals surface area contributed by atoms with E-state index in [1.807, 2.05) is 0 Å². The predicted molar refractivity (Wildman–Crippen MR) is 129 cm³/mol. The lowest BCUT2D eigenvalue weighted by Crippen LogP contribution is -2.35. The number of hydrogen-bond donors (Lipinski definition) is 2. The van der Waals surface area contributed by atoms with Crippen LogP contribution in [0.2, 0.25) is 0 Å². The molecule has 10 heteroatoms. The van der Waals surface area contributed by atoms with Gasteiger partial charge in [0.15, 0.2) is 11.6 Å². The van der Waals surface area contributed by atoms with Crippen molar-refractivity contribution in [1.29, 1.82) is 0 Å². The van der Waals surface area contributed by atoms with Gasteiger partial charge in [0.25, 0.3) is 0 Å². The lowest BCUT2D eigenvalue weighted by atomic mass is 10.2. The first-order chi connectivity index (χ1) is 16.1. The fraction of sp³-hybridized carbons (Fsp3) is 0.609. The third kappa shape index (κ3) is 6.88. The van der Waals surface area contributed by atoms with E-state index in [2.05, 4.69) is 49.2 Å². The Morgan fingerprint density at radius 1 is 1.15 bits per heavy atom. The molecule has 1 unspecified atom stereocenters. The van der Waals surface area contributed by atoms with Gasteiger partial charge in [0.1, 0.15) is 0 Å². The van der Waals surface area contributed by atoms with E-state index < -0.39 is 5.82 Å². The van der Waals surface area contributed by atoms with Gasteiger partial charge in [-0.3, -0.25) is 4.90 Å². The second-order valence-corrected chi connectivity index (χ2v) is 8.04. The molecule has 0 bridgehead atoms. The topological polar surface area (TPSA) is 87.7 Å². The number of anilines is 4. The number of methoxy groups -OCH3 is 2. The van der Waals surface area contributed by atoms with Crippen LogP contribution in [0.25, 0.3) is 0 Å². The Morgan fingerprint density at radius 2 is 1.97 bits per heavy atom. The van der Waals surface area contributed by atoms with Crippen LogP contribution in [0.5, 0.6) is 5.75 Å². The van der Waals surface area contributed by atoms with Crippen molar-refractivity contribution >= 4 is 23.5 Å². The summed E-state index contributed by atoms with van der Waals surface area (Å²) in [5, 5.41) is 6.52. The minimum atomic E-state index is -0.455. The Morgan fingerprint density at radius 3 is 2.67 bits per heavy atom. The summed E-state index contributed by atoms with van der Waals surface area (Å²) in [7, 11) is 3.12. The van der Waals surface area contributed by atoms with Crippen LogP contribution in [0, 0.1) is 5.82 Å². The summed E-state index contributed by atoms with van der Waals surface area (Å²) >= 11 is 0. The zero-order valence-corrected chi connectivity index (χ0v) is 20.1. The third-order valence-corrected chi connectivity index (χ3v) is 5.77. The van der Waals surface area contributed by atoms with Gasteiger partial charge in [0.2, 0.25) is 17.8 Å². The molecule has 1 aliphatic rings. The minimum absolute atomic E-state index is 0.185. The van der Waals surface area contributed by atoms with E-state index in [1.54, 1.807) is 19.2 Å². The number of halogens is 1. The zero-order valence-electron chi connectivity index (χ0n) is 20.1. The van der Waals surface area contributed by atoms with E-state index in [-0.39, 0.29) is 5.75 Å². The average molecular weight is 462 g/mol. The second-order valence-electron chi connectivity index (χ2n) is 8.04. The molecule has 0 radical (unpaired) electrons. The molecule has 0 aliphatic carbocycles. The molecular weight excluding hydrogens is 425 g/mol. The second kappa shape index (κ2) is 12.5. The van der Waals surface area contributed by atoms with E-state index >= 15 is 0 Å². The molecule has 1 aromatic heterocycles.